The number of rotatable bonds is 4. The van der Waals surface area contributed by atoms with Gasteiger partial charge in [0.05, 0.1) is 11.0 Å². The minimum absolute atomic E-state index is 0.233. The van der Waals surface area contributed by atoms with E-state index in [0.29, 0.717) is 12.1 Å². The molecule has 1 atom stereocenters. The van der Waals surface area contributed by atoms with Gasteiger partial charge < -0.3 is 14.3 Å². The third-order valence-corrected chi connectivity index (χ3v) is 7.37. The minimum Gasteiger partial charge on any atom is -0.372 e. The number of imidazole rings is 1. The first-order valence-electron chi connectivity index (χ1n) is 11.4. The first kappa shape index (κ1) is 19.3. The molecule has 1 aliphatic carbocycles. The van der Waals surface area contributed by atoms with Crippen molar-refractivity contribution in [3.05, 3.63) is 59.4 Å². The Morgan fingerprint density at radius 3 is 2.53 bits per heavy atom. The highest BCUT2D eigenvalue weighted by Crippen LogP contribution is 2.39. The van der Waals surface area contributed by atoms with Gasteiger partial charge in [-0.05, 0) is 63.1 Å². The Hall–Kier alpha value is -2.62. The van der Waals surface area contributed by atoms with Crippen molar-refractivity contribution in [1.29, 1.82) is 0 Å². The maximum absolute atomic E-state index is 11.3. The van der Waals surface area contributed by atoms with Gasteiger partial charge in [0.15, 0.2) is 0 Å². The summed E-state index contributed by atoms with van der Waals surface area (Å²) in [6, 6.07) is 16.3. The molecule has 2 heterocycles. The second-order valence-corrected chi connectivity index (χ2v) is 9.19. The summed E-state index contributed by atoms with van der Waals surface area (Å²) in [6.07, 6.45) is 8.37. The standard InChI is InChI=1S/C26H31N3O/c1-18-8-13-22-23(28(18)2)14-15-24-26(22)27-25(16-19-6-4-3-5-7-19)29(24)21-11-9-20(17-30)10-12-21/h3-7,14-15,17-18,20-21H,8-13,16H2,1-2H3. The second kappa shape index (κ2) is 7.90. The zero-order chi connectivity index (χ0) is 20.7. The summed E-state index contributed by atoms with van der Waals surface area (Å²) in [5, 5.41) is 0. The highest BCUT2D eigenvalue weighted by molar-refractivity contribution is 5.86. The van der Waals surface area contributed by atoms with Gasteiger partial charge in [-0.3, -0.25) is 0 Å². The highest BCUT2D eigenvalue weighted by Gasteiger charge is 2.28. The van der Waals surface area contributed by atoms with Crippen LogP contribution in [0.25, 0.3) is 11.0 Å². The number of carbonyl (C=O) groups excluding carboxylic acids is 1. The van der Waals surface area contributed by atoms with Crippen molar-refractivity contribution < 1.29 is 4.79 Å². The largest absolute Gasteiger partial charge is 0.372 e. The minimum atomic E-state index is 0.233. The van der Waals surface area contributed by atoms with Crippen LogP contribution in [0.5, 0.6) is 0 Å². The molecule has 3 aromatic rings. The fourth-order valence-electron chi connectivity index (χ4n) is 5.42. The molecule has 0 saturated heterocycles. The monoisotopic (exact) mass is 401 g/mol. The van der Waals surface area contributed by atoms with Crippen LogP contribution in [0.2, 0.25) is 0 Å². The number of fused-ring (bicyclic) bond motifs is 3. The molecule has 4 heteroatoms. The van der Waals surface area contributed by atoms with Gasteiger partial charge in [-0.15, -0.1) is 0 Å². The number of anilines is 1. The number of aryl methyl sites for hydroxylation is 1. The van der Waals surface area contributed by atoms with Crippen molar-refractivity contribution in [1.82, 2.24) is 9.55 Å². The summed E-state index contributed by atoms with van der Waals surface area (Å²) in [7, 11) is 2.21. The maximum atomic E-state index is 11.3. The Balaban J connectivity index is 1.62. The van der Waals surface area contributed by atoms with E-state index < -0.39 is 0 Å². The molecule has 30 heavy (non-hydrogen) atoms. The van der Waals surface area contributed by atoms with Gasteiger partial charge in [0, 0.05) is 42.7 Å². The van der Waals surface area contributed by atoms with Crippen LogP contribution >= 0.6 is 0 Å². The van der Waals surface area contributed by atoms with Crippen molar-refractivity contribution in [3.63, 3.8) is 0 Å². The van der Waals surface area contributed by atoms with Crippen LogP contribution in [0.4, 0.5) is 5.69 Å². The van der Waals surface area contributed by atoms with Crippen molar-refractivity contribution in [2.75, 3.05) is 11.9 Å². The summed E-state index contributed by atoms with van der Waals surface area (Å²) in [4.78, 5) is 18.9. The molecule has 1 fully saturated rings. The Labute approximate surface area is 178 Å². The average molecular weight is 402 g/mol. The third kappa shape index (κ3) is 3.32. The zero-order valence-electron chi connectivity index (χ0n) is 18.1. The number of hydrogen-bond acceptors (Lipinski definition) is 3. The van der Waals surface area contributed by atoms with Gasteiger partial charge in [-0.2, -0.15) is 0 Å². The molecular weight excluding hydrogens is 370 g/mol. The molecule has 1 saturated carbocycles. The van der Waals surface area contributed by atoms with Crippen LogP contribution < -0.4 is 4.90 Å². The predicted molar refractivity (Wildman–Crippen MR) is 122 cm³/mol. The number of hydrogen-bond donors (Lipinski definition) is 0. The van der Waals surface area contributed by atoms with Crippen LogP contribution in [0.1, 0.15) is 62.0 Å². The van der Waals surface area contributed by atoms with Crippen molar-refractivity contribution in [2.45, 2.75) is 64.0 Å². The smallest absolute Gasteiger partial charge is 0.123 e. The molecule has 0 amide bonds. The lowest BCUT2D eigenvalue weighted by molar-refractivity contribution is -0.112. The van der Waals surface area contributed by atoms with Gasteiger partial charge in [0.1, 0.15) is 12.1 Å². The first-order chi connectivity index (χ1) is 14.7. The van der Waals surface area contributed by atoms with Crippen molar-refractivity contribution in [3.8, 4) is 0 Å². The van der Waals surface area contributed by atoms with Gasteiger partial charge in [0.25, 0.3) is 0 Å². The van der Waals surface area contributed by atoms with E-state index in [0.717, 1.165) is 44.8 Å². The van der Waals surface area contributed by atoms with Crippen LogP contribution in [-0.2, 0) is 17.6 Å². The van der Waals surface area contributed by atoms with E-state index in [-0.39, 0.29) is 5.92 Å². The van der Waals surface area contributed by atoms with Crippen LogP contribution in [0.3, 0.4) is 0 Å². The molecular formula is C26H31N3O. The Kier molecular flexibility index (Phi) is 5.10. The SMILES string of the molecule is CC1CCc2c(ccc3c2nc(Cc2ccccc2)n3C2CCC(C=O)CC2)N1C. The van der Waals surface area contributed by atoms with Crippen LogP contribution in [0, 0.1) is 5.92 Å². The molecule has 1 aromatic heterocycles. The van der Waals surface area contributed by atoms with Gasteiger partial charge in [-0.25, -0.2) is 4.98 Å². The molecule has 0 N–H and O–H groups in total. The van der Waals surface area contributed by atoms with E-state index in [9.17, 15) is 4.79 Å². The topological polar surface area (TPSA) is 38.1 Å². The zero-order valence-corrected chi connectivity index (χ0v) is 18.1. The molecule has 4 nitrogen and oxygen atoms in total. The molecule has 0 radical (unpaired) electrons. The lowest BCUT2D eigenvalue weighted by Gasteiger charge is -2.34. The van der Waals surface area contributed by atoms with E-state index in [1.165, 1.54) is 40.1 Å². The van der Waals surface area contributed by atoms with Gasteiger partial charge in [-0.1, -0.05) is 30.3 Å². The first-order valence-corrected chi connectivity index (χ1v) is 11.4. The number of benzene rings is 2. The van der Waals surface area contributed by atoms with Gasteiger partial charge >= 0.3 is 0 Å². The molecule has 0 spiro atoms. The van der Waals surface area contributed by atoms with E-state index in [4.69, 9.17) is 4.98 Å². The summed E-state index contributed by atoms with van der Waals surface area (Å²) >= 11 is 0. The highest BCUT2D eigenvalue weighted by atomic mass is 16.1. The molecule has 5 rings (SSSR count). The number of aldehydes is 1. The molecule has 156 valence electrons. The Morgan fingerprint density at radius 1 is 1.03 bits per heavy atom. The molecule has 2 aromatic carbocycles. The number of carbonyl (C=O) groups is 1. The summed E-state index contributed by atoms with van der Waals surface area (Å²) < 4.78 is 2.52. The number of nitrogens with zero attached hydrogens (tertiary/aromatic N) is 3. The summed E-state index contributed by atoms with van der Waals surface area (Å²) in [6.45, 7) is 2.30. The van der Waals surface area contributed by atoms with E-state index in [1.807, 2.05) is 0 Å². The fourth-order valence-corrected chi connectivity index (χ4v) is 5.42. The summed E-state index contributed by atoms with van der Waals surface area (Å²) in [5.41, 5.74) is 6.51. The maximum Gasteiger partial charge on any atom is 0.123 e. The van der Waals surface area contributed by atoms with Gasteiger partial charge in [0.2, 0.25) is 0 Å². The predicted octanol–water partition coefficient (Wildman–Crippen LogP) is 5.33. The quantitative estimate of drug-likeness (QED) is 0.555. The van der Waals surface area contributed by atoms with E-state index in [1.54, 1.807) is 0 Å². The molecule has 0 bridgehead atoms. The second-order valence-electron chi connectivity index (χ2n) is 9.19. The van der Waals surface area contributed by atoms with Crippen molar-refractivity contribution >= 4 is 23.0 Å². The summed E-state index contributed by atoms with van der Waals surface area (Å²) in [5.74, 6) is 1.40. The Bertz CT molecular complexity index is 1050. The van der Waals surface area contributed by atoms with Crippen LogP contribution in [0.15, 0.2) is 42.5 Å². The van der Waals surface area contributed by atoms with Crippen molar-refractivity contribution in [2.24, 2.45) is 5.92 Å². The number of aromatic nitrogens is 2. The molecule has 2 aliphatic rings. The van der Waals surface area contributed by atoms with Crippen LogP contribution in [-0.4, -0.2) is 28.9 Å². The fraction of sp³-hybridized carbons (Fsp3) is 0.462. The lowest BCUT2D eigenvalue weighted by Crippen LogP contribution is -2.33. The normalized spacial score (nSPS) is 24.1. The Morgan fingerprint density at radius 2 is 1.80 bits per heavy atom. The molecule has 1 unspecified atom stereocenters. The average Bonchev–Trinajstić information content (AvgIpc) is 3.15. The van der Waals surface area contributed by atoms with E-state index in [2.05, 4.69) is 65.9 Å². The lowest BCUT2D eigenvalue weighted by atomic mass is 9.86. The molecule has 1 aliphatic heterocycles. The third-order valence-electron chi connectivity index (χ3n) is 7.37. The van der Waals surface area contributed by atoms with E-state index >= 15 is 0 Å².